The molecule has 1 aliphatic rings. The first kappa shape index (κ1) is 43.7. The van der Waals surface area contributed by atoms with Crippen molar-refractivity contribution in [1.82, 2.24) is 36.1 Å². The fourth-order valence-electron chi connectivity index (χ4n) is 6.17. The Morgan fingerprint density at radius 2 is 1.55 bits per heavy atom. The Labute approximate surface area is 318 Å². The minimum absolute atomic E-state index is 0.0860. The number of carbonyl (C=O) groups excluding carboxylic acids is 7. The molecule has 3 rings (SSSR count). The standard InChI is InChI=1S/C36H52N10O9/c37-15-5-4-9-23(20-47)42-32(51)27(12-14-31(49)50)43-34(53)28(17-22-7-2-1-3-8-22)45-33(52)26(11-13-30(39)48)44-35(54)29-10-6-16-46(29)36(55)25(38)18-24-19-40-21-41-24/h1-3,7-8,19-21,23,25-29H,4-6,9-18,37-38H2,(H2,39,48)(H,40,41)(H,42,51)(H,43,53)(H,44,54)(H,45,52)(H,49,50)/t23-,25-,26-,27-,28-,29-/m0/s1. The summed E-state index contributed by atoms with van der Waals surface area (Å²) < 4.78 is 0. The third-order valence-corrected chi connectivity index (χ3v) is 9.12. The highest BCUT2D eigenvalue weighted by atomic mass is 16.4. The number of aldehydes is 1. The second-order valence-corrected chi connectivity index (χ2v) is 13.4. The normalized spacial score (nSPS) is 16.5. The molecule has 6 atom stereocenters. The van der Waals surface area contributed by atoms with E-state index in [1.54, 1.807) is 30.3 Å². The summed E-state index contributed by atoms with van der Waals surface area (Å²) >= 11 is 0. The monoisotopic (exact) mass is 768 g/mol. The number of nitrogens with zero attached hydrogens (tertiary/aromatic N) is 2. The molecule has 0 saturated carbocycles. The molecule has 0 aliphatic carbocycles. The highest BCUT2D eigenvalue weighted by Gasteiger charge is 2.38. The molecular formula is C36H52N10O9. The van der Waals surface area contributed by atoms with Crippen LogP contribution in [-0.4, -0.2) is 117 Å². The summed E-state index contributed by atoms with van der Waals surface area (Å²) in [5.74, 6) is -5.63. The molecule has 0 radical (unpaired) electrons. The first-order valence-electron chi connectivity index (χ1n) is 18.3. The number of hydrogen-bond donors (Lipinski definition) is 9. The number of aromatic nitrogens is 2. The molecule has 0 bridgehead atoms. The number of carboxylic acids is 1. The number of carboxylic acid groups (broad SMARTS) is 1. The lowest BCUT2D eigenvalue weighted by Crippen LogP contribution is -2.59. The van der Waals surface area contributed by atoms with E-state index in [9.17, 15) is 43.5 Å². The van der Waals surface area contributed by atoms with Gasteiger partial charge in [0.25, 0.3) is 0 Å². The molecule has 2 heterocycles. The fraction of sp³-hybridized carbons (Fsp3) is 0.528. The van der Waals surface area contributed by atoms with E-state index in [2.05, 4.69) is 31.2 Å². The largest absolute Gasteiger partial charge is 0.481 e. The molecular weight excluding hydrogens is 716 g/mol. The average molecular weight is 769 g/mol. The van der Waals surface area contributed by atoms with Crippen LogP contribution in [0.4, 0.5) is 0 Å². The summed E-state index contributed by atoms with van der Waals surface area (Å²) in [5, 5.41) is 19.6. The van der Waals surface area contributed by atoms with E-state index >= 15 is 0 Å². The van der Waals surface area contributed by atoms with E-state index in [1.165, 1.54) is 17.4 Å². The number of likely N-dealkylation sites (tertiary alicyclic amines) is 1. The number of nitrogens with one attached hydrogen (secondary N) is 5. The first-order chi connectivity index (χ1) is 26.3. The Balaban J connectivity index is 1.81. The second-order valence-electron chi connectivity index (χ2n) is 13.4. The number of amides is 6. The number of benzene rings is 1. The van der Waals surface area contributed by atoms with E-state index in [0.29, 0.717) is 43.4 Å². The van der Waals surface area contributed by atoms with Gasteiger partial charge in [-0.25, -0.2) is 4.98 Å². The van der Waals surface area contributed by atoms with E-state index < -0.39 is 84.1 Å². The second kappa shape index (κ2) is 22.5. The molecule has 1 aliphatic heterocycles. The number of unbranched alkanes of at least 4 members (excludes halogenated alkanes) is 1. The van der Waals surface area contributed by atoms with Crippen LogP contribution >= 0.6 is 0 Å². The van der Waals surface area contributed by atoms with Crippen molar-refractivity contribution >= 4 is 47.7 Å². The van der Waals surface area contributed by atoms with Crippen molar-refractivity contribution in [3.63, 3.8) is 0 Å². The number of H-pyrrole nitrogens is 1. The average Bonchev–Trinajstić information content (AvgIpc) is 3.87. The van der Waals surface area contributed by atoms with Gasteiger partial charge in [-0.1, -0.05) is 30.3 Å². The fourth-order valence-corrected chi connectivity index (χ4v) is 6.17. The van der Waals surface area contributed by atoms with Crippen molar-refractivity contribution in [3.05, 3.63) is 54.1 Å². The van der Waals surface area contributed by atoms with Crippen LogP contribution in [0.5, 0.6) is 0 Å². The van der Waals surface area contributed by atoms with E-state index in [4.69, 9.17) is 17.2 Å². The molecule has 12 N–H and O–H groups in total. The zero-order valence-electron chi connectivity index (χ0n) is 30.6. The molecule has 2 aromatic rings. The minimum atomic E-state index is -1.40. The summed E-state index contributed by atoms with van der Waals surface area (Å²) in [4.78, 5) is 111. The Hall–Kier alpha value is -5.69. The molecule has 0 unspecified atom stereocenters. The van der Waals surface area contributed by atoms with Crippen molar-refractivity contribution < 1.29 is 43.5 Å². The number of carbonyl (C=O) groups is 8. The first-order valence-corrected chi connectivity index (χ1v) is 18.3. The molecule has 1 saturated heterocycles. The van der Waals surface area contributed by atoms with Gasteiger partial charge in [-0.15, -0.1) is 0 Å². The van der Waals surface area contributed by atoms with E-state index in [1.807, 2.05) is 0 Å². The molecule has 19 nitrogen and oxygen atoms in total. The van der Waals surface area contributed by atoms with Gasteiger partial charge in [0.2, 0.25) is 35.4 Å². The Kier molecular flexibility index (Phi) is 17.9. The molecule has 55 heavy (non-hydrogen) atoms. The van der Waals surface area contributed by atoms with Crippen LogP contribution < -0.4 is 38.5 Å². The maximum Gasteiger partial charge on any atom is 0.303 e. The van der Waals surface area contributed by atoms with Gasteiger partial charge in [-0.3, -0.25) is 33.6 Å². The molecule has 19 heteroatoms. The topological polar surface area (TPSA) is 315 Å². The molecule has 1 aromatic heterocycles. The summed E-state index contributed by atoms with van der Waals surface area (Å²) in [5.41, 5.74) is 18.3. The van der Waals surface area contributed by atoms with Gasteiger partial charge >= 0.3 is 5.97 Å². The van der Waals surface area contributed by atoms with Gasteiger partial charge in [0.05, 0.1) is 18.4 Å². The maximum absolute atomic E-state index is 13.9. The van der Waals surface area contributed by atoms with Crippen LogP contribution in [0, 0.1) is 0 Å². The van der Waals surface area contributed by atoms with Crippen molar-refractivity contribution in [2.45, 2.75) is 107 Å². The number of imidazole rings is 1. The van der Waals surface area contributed by atoms with Crippen LogP contribution in [-0.2, 0) is 51.2 Å². The zero-order valence-corrected chi connectivity index (χ0v) is 30.6. The lowest BCUT2D eigenvalue weighted by Gasteiger charge is -2.29. The predicted molar refractivity (Wildman–Crippen MR) is 197 cm³/mol. The van der Waals surface area contributed by atoms with E-state index in [0.717, 1.165) is 0 Å². The molecule has 6 amide bonds. The van der Waals surface area contributed by atoms with Crippen LogP contribution in [0.3, 0.4) is 0 Å². The van der Waals surface area contributed by atoms with Crippen LogP contribution in [0.15, 0.2) is 42.9 Å². The van der Waals surface area contributed by atoms with Gasteiger partial charge in [-0.2, -0.15) is 0 Å². The number of aromatic amines is 1. The number of hydrogen-bond acceptors (Lipinski definition) is 11. The third-order valence-electron chi connectivity index (χ3n) is 9.12. The van der Waals surface area contributed by atoms with Crippen molar-refractivity contribution in [2.75, 3.05) is 13.1 Å². The number of rotatable bonds is 24. The van der Waals surface area contributed by atoms with Gasteiger partial charge < -0.3 is 58.3 Å². The number of aliphatic carboxylic acids is 1. The Bertz CT molecular complexity index is 1610. The number of nitrogens with two attached hydrogens (primary N) is 3. The molecule has 1 fully saturated rings. The summed E-state index contributed by atoms with van der Waals surface area (Å²) in [6, 6.07) is 1.59. The summed E-state index contributed by atoms with van der Waals surface area (Å²) in [7, 11) is 0. The molecule has 300 valence electrons. The minimum Gasteiger partial charge on any atom is -0.481 e. The highest BCUT2D eigenvalue weighted by Crippen LogP contribution is 2.20. The van der Waals surface area contributed by atoms with Crippen LogP contribution in [0.25, 0.3) is 0 Å². The van der Waals surface area contributed by atoms with Gasteiger partial charge in [0.15, 0.2) is 0 Å². The Morgan fingerprint density at radius 1 is 0.891 bits per heavy atom. The quantitative estimate of drug-likeness (QED) is 0.0410. The summed E-state index contributed by atoms with van der Waals surface area (Å²) in [6.45, 7) is 0.641. The smallest absolute Gasteiger partial charge is 0.303 e. The lowest BCUT2D eigenvalue weighted by atomic mass is 10.0. The van der Waals surface area contributed by atoms with Crippen molar-refractivity contribution in [1.29, 1.82) is 0 Å². The summed E-state index contributed by atoms with van der Waals surface area (Å²) in [6.07, 6.45) is 4.44. The Morgan fingerprint density at radius 3 is 2.18 bits per heavy atom. The van der Waals surface area contributed by atoms with Crippen LogP contribution in [0.1, 0.15) is 69.0 Å². The lowest BCUT2D eigenvalue weighted by molar-refractivity contribution is -0.140. The highest BCUT2D eigenvalue weighted by molar-refractivity contribution is 5.96. The van der Waals surface area contributed by atoms with Gasteiger partial charge in [-0.05, 0) is 57.1 Å². The van der Waals surface area contributed by atoms with Crippen molar-refractivity contribution in [3.8, 4) is 0 Å². The SMILES string of the molecule is NCCCC[C@@H](C=O)NC(=O)[C@H](CCC(=O)O)NC(=O)[C@H](Cc1ccccc1)NC(=O)[C@H](CCC(N)=O)NC(=O)[C@@H]1CCCN1C(=O)[C@@H](N)Cc1cnc[nH]1. The molecule has 0 spiro atoms. The van der Waals surface area contributed by atoms with Gasteiger partial charge in [0, 0.05) is 44.1 Å². The van der Waals surface area contributed by atoms with E-state index in [-0.39, 0.29) is 51.5 Å². The molecule has 1 aromatic carbocycles. The van der Waals surface area contributed by atoms with Crippen molar-refractivity contribution in [2.24, 2.45) is 17.2 Å². The number of primary amides is 1. The van der Waals surface area contributed by atoms with Gasteiger partial charge in [0.1, 0.15) is 30.5 Å². The third kappa shape index (κ3) is 14.6. The van der Waals surface area contributed by atoms with Crippen LogP contribution in [0.2, 0.25) is 0 Å². The maximum atomic E-state index is 13.9. The zero-order chi connectivity index (χ0) is 40.3. The predicted octanol–water partition coefficient (Wildman–Crippen LogP) is -2.09.